The monoisotopic (exact) mass is 282 g/mol. The van der Waals surface area contributed by atoms with Gasteiger partial charge in [0.25, 0.3) is 0 Å². The molecule has 0 saturated carbocycles. The Kier molecular flexibility index (Phi) is 5.39. The fourth-order valence-corrected chi connectivity index (χ4v) is 2.36. The molecule has 19 heavy (non-hydrogen) atoms. The lowest BCUT2D eigenvalue weighted by atomic mass is 10.1. The number of hydrogen-bond acceptors (Lipinski definition) is 3. The largest absolute Gasteiger partial charge is 0.332 e. The first-order valence-electron chi connectivity index (χ1n) is 6.75. The molecule has 2 heterocycles. The van der Waals surface area contributed by atoms with Crippen LogP contribution in [0.25, 0.3) is 0 Å². The molecule has 2 amide bonds. The van der Waals surface area contributed by atoms with E-state index in [2.05, 4.69) is 15.3 Å². The van der Waals surface area contributed by atoms with Crippen molar-refractivity contribution in [1.82, 2.24) is 20.2 Å². The van der Waals surface area contributed by atoms with Gasteiger partial charge in [-0.05, 0) is 12.8 Å². The summed E-state index contributed by atoms with van der Waals surface area (Å²) in [6, 6.07) is -0.0383. The number of halogens is 1. The molecular weight excluding hydrogens is 264 g/mol. The van der Waals surface area contributed by atoms with Crippen LogP contribution in [0.2, 0.25) is 5.15 Å². The Balaban J connectivity index is 1.84. The maximum atomic E-state index is 12.1. The minimum absolute atomic E-state index is 0.0383. The fraction of sp³-hybridized carbons (Fsp3) is 0.615. The summed E-state index contributed by atoms with van der Waals surface area (Å²) < 4.78 is 0. The fourth-order valence-electron chi connectivity index (χ4n) is 2.19. The first-order chi connectivity index (χ1) is 9.27. The van der Waals surface area contributed by atoms with Gasteiger partial charge in [-0.15, -0.1) is 0 Å². The lowest BCUT2D eigenvalue weighted by Gasteiger charge is -2.25. The molecule has 1 saturated heterocycles. The van der Waals surface area contributed by atoms with Crippen LogP contribution >= 0.6 is 11.6 Å². The molecule has 0 bridgehead atoms. The Morgan fingerprint density at radius 3 is 2.47 bits per heavy atom. The van der Waals surface area contributed by atoms with Crippen molar-refractivity contribution >= 4 is 17.6 Å². The van der Waals surface area contributed by atoms with Gasteiger partial charge in [-0.2, -0.15) is 0 Å². The molecular formula is C13H19ClN4O. The van der Waals surface area contributed by atoms with Gasteiger partial charge in [-0.1, -0.05) is 30.9 Å². The molecule has 1 fully saturated rings. The SMILES string of the molecule is O=C(NCc1nccnc1Cl)N1CCCCCCC1. The topological polar surface area (TPSA) is 58.1 Å². The van der Waals surface area contributed by atoms with Crippen molar-refractivity contribution in [3.63, 3.8) is 0 Å². The lowest BCUT2D eigenvalue weighted by molar-refractivity contribution is 0.191. The van der Waals surface area contributed by atoms with Gasteiger partial charge < -0.3 is 10.2 Å². The van der Waals surface area contributed by atoms with E-state index in [1.807, 2.05) is 4.90 Å². The maximum absolute atomic E-state index is 12.1. The Morgan fingerprint density at radius 1 is 1.16 bits per heavy atom. The quantitative estimate of drug-likeness (QED) is 0.907. The molecule has 6 heteroatoms. The zero-order chi connectivity index (χ0) is 13.5. The summed E-state index contributed by atoms with van der Waals surface area (Å²) in [6.45, 7) is 1.99. The molecule has 1 aliphatic heterocycles. The van der Waals surface area contributed by atoms with Gasteiger partial charge in [0.1, 0.15) is 0 Å². The molecule has 5 nitrogen and oxygen atoms in total. The Morgan fingerprint density at radius 2 is 1.79 bits per heavy atom. The van der Waals surface area contributed by atoms with Crippen LogP contribution in [0.1, 0.15) is 37.8 Å². The molecule has 1 aromatic rings. The zero-order valence-corrected chi connectivity index (χ0v) is 11.7. The van der Waals surface area contributed by atoms with E-state index < -0.39 is 0 Å². The third-order valence-corrected chi connectivity index (χ3v) is 3.59. The molecule has 0 spiro atoms. The number of nitrogens with one attached hydrogen (secondary N) is 1. The number of rotatable bonds is 2. The molecule has 2 rings (SSSR count). The summed E-state index contributed by atoms with van der Waals surface area (Å²) in [5.41, 5.74) is 0.601. The summed E-state index contributed by atoms with van der Waals surface area (Å²) in [6.07, 6.45) is 8.97. The Bertz CT molecular complexity index is 419. The molecule has 1 aliphatic rings. The first kappa shape index (κ1) is 14.1. The Hall–Kier alpha value is -1.36. The van der Waals surface area contributed by atoms with E-state index in [9.17, 15) is 4.79 Å². The molecule has 0 atom stereocenters. The Labute approximate surface area is 118 Å². The van der Waals surface area contributed by atoms with E-state index in [-0.39, 0.29) is 6.03 Å². The second-order valence-electron chi connectivity index (χ2n) is 4.71. The molecule has 0 aromatic carbocycles. The van der Waals surface area contributed by atoms with Gasteiger partial charge in [0.05, 0.1) is 12.2 Å². The van der Waals surface area contributed by atoms with Crippen molar-refractivity contribution in [3.8, 4) is 0 Å². The molecule has 0 unspecified atom stereocenters. The lowest BCUT2D eigenvalue weighted by Crippen LogP contribution is -2.41. The van der Waals surface area contributed by atoms with Crippen LogP contribution in [0.4, 0.5) is 4.79 Å². The van der Waals surface area contributed by atoms with Crippen LogP contribution in [-0.4, -0.2) is 34.0 Å². The third kappa shape index (κ3) is 4.35. The highest BCUT2D eigenvalue weighted by molar-refractivity contribution is 6.29. The standard InChI is InChI=1S/C13H19ClN4O/c14-12-11(15-6-7-16-12)10-17-13(19)18-8-4-2-1-3-5-9-18/h6-7H,1-5,8-10H2,(H,17,19). The summed E-state index contributed by atoms with van der Waals surface area (Å²) in [7, 11) is 0. The van der Waals surface area contributed by atoms with Crippen LogP contribution in [0.15, 0.2) is 12.4 Å². The van der Waals surface area contributed by atoms with Gasteiger partial charge in [0, 0.05) is 25.5 Å². The number of hydrogen-bond donors (Lipinski definition) is 1. The summed E-state index contributed by atoms with van der Waals surface area (Å²) in [4.78, 5) is 22.0. The van der Waals surface area contributed by atoms with Crippen molar-refractivity contribution in [2.75, 3.05) is 13.1 Å². The number of nitrogens with zero attached hydrogens (tertiary/aromatic N) is 3. The predicted molar refractivity (Wildman–Crippen MR) is 73.9 cm³/mol. The summed E-state index contributed by atoms with van der Waals surface area (Å²) in [5.74, 6) is 0. The van der Waals surface area contributed by atoms with E-state index in [1.54, 1.807) is 6.20 Å². The average molecular weight is 283 g/mol. The minimum Gasteiger partial charge on any atom is -0.332 e. The van der Waals surface area contributed by atoms with E-state index in [1.165, 1.54) is 25.5 Å². The van der Waals surface area contributed by atoms with Gasteiger partial charge in [-0.3, -0.25) is 4.98 Å². The van der Waals surface area contributed by atoms with E-state index in [4.69, 9.17) is 11.6 Å². The second kappa shape index (κ2) is 7.28. The van der Waals surface area contributed by atoms with Crippen molar-refractivity contribution < 1.29 is 4.79 Å². The molecule has 1 aromatic heterocycles. The number of carbonyl (C=O) groups is 1. The number of aromatic nitrogens is 2. The predicted octanol–water partition coefficient (Wildman–Crippen LogP) is 2.61. The average Bonchev–Trinajstić information content (AvgIpc) is 2.37. The number of carbonyl (C=O) groups excluding carboxylic acids is 1. The van der Waals surface area contributed by atoms with Crippen molar-refractivity contribution in [1.29, 1.82) is 0 Å². The van der Waals surface area contributed by atoms with Crippen LogP contribution in [-0.2, 0) is 6.54 Å². The number of likely N-dealkylation sites (tertiary alicyclic amines) is 1. The van der Waals surface area contributed by atoms with Crippen LogP contribution in [0.3, 0.4) is 0 Å². The summed E-state index contributed by atoms with van der Waals surface area (Å²) >= 11 is 5.90. The van der Waals surface area contributed by atoms with Gasteiger partial charge >= 0.3 is 6.03 Å². The van der Waals surface area contributed by atoms with E-state index >= 15 is 0 Å². The van der Waals surface area contributed by atoms with Crippen LogP contribution in [0.5, 0.6) is 0 Å². The molecule has 1 N–H and O–H groups in total. The molecule has 0 radical (unpaired) electrons. The summed E-state index contributed by atoms with van der Waals surface area (Å²) in [5, 5.41) is 3.20. The van der Waals surface area contributed by atoms with Gasteiger partial charge in [0.2, 0.25) is 0 Å². The highest BCUT2D eigenvalue weighted by Gasteiger charge is 2.14. The number of amides is 2. The second-order valence-corrected chi connectivity index (χ2v) is 5.07. The number of urea groups is 1. The highest BCUT2D eigenvalue weighted by atomic mass is 35.5. The smallest absolute Gasteiger partial charge is 0.317 e. The molecule has 0 aliphatic carbocycles. The zero-order valence-electron chi connectivity index (χ0n) is 10.9. The minimum atomic E-state index is -0.0383. The van der Waals surface area contributed by atoms with Crippen molar-refractivity contribution in [3.05, 3.63) is 23.2 Å². The van der Waals surface area contributed by atoms with E-state index in [0.29, 0.717) is 17.4 Å². The van der Waals surface area contributed by atoms with Gasteiger partial charge in [-0.25, -0.2) is 9.78 Å². The normalized spacial score (nSPS) is 16.6. The third-order valence-electron chi connectivity index (χ3n) is 3.27. The van der Waals surface area contributed by atoms with Crippen LogP contribution < -0.4 is 5.32 Å². The van der Waals surface area contributed by atoms with Crippen molar-refractivity contribution in [2.45, 2.75) is 38.6 Å². The molecule has 104 valence electrons. The first-order valence-corrected chi connectivity index (χ1v) is 7.13. The maximum Gasteiger partial charge on any atom is 0.317 e. The van der Waals surface area contributed by atoms with Gasteiger partial charge in [0.15, 0.2) is 5.15 Å². The highest BCUT2D eigenvalue weighted by Crippen LogP contribution is 2.11. The van der Waals surface area contributed by atoms with Crippen molar-refractivity contribution in [2.24, 2.45) is 0 Å². The van der Waals surface area contributed by atoms with E-state index in [0.717, 1.165) is 25.9 Å². The van der Waals surface area contributed by atoms with Crippen LogP contribution in [0, 0.1) is 0 Å².